The third kappa shape index (κ3) is 3.46. The van der Waals surface area contributed by atoms with Crippen LogP contribution in [0.3, 0.4) is 0 Å². The van der Waals surface area contributed by atoms with Gasteiger partial charge in [-0.15, -0.1) is 0 Å². The van der Waals surface area contributed by atoms with Crippen molar-refractivity contribution in [3.8, 4) is 5.75 Å². The summed E-state index contributed by atoms with van der Waals surface area (Å²) in [5.41, 5.74) is 2.27. The number of hydrogen-bond donors (Lipinski definition) is 2. The summed E-state index contributed by atoms with van der Waals surface area (Å²) in [6, 6.07) is 16.7. The summed E-state index contributed by atoms with van der Waals surface area (Å²) in [4.78, 5) is 14.6. The Balaban J connectivity index is 2.01. The minimum atomic E-state index is -0.429. The van der Waals surface area contributed by atoms with Gasteiger partial charge in [-0.25, -0.2) is 0 Å². The average molecular weight is 376 g/mol. The Hall–Kier alpha value is -2.11. The van der Waals surface area contributed by atoms with Gasteiger partial charge in [-0.2, -0.15) is 0 Å². The lowest BCUT2D eigenvalue weighted by atomic mass is 10.0. The summed E-state index contributed by atoms with van der Waals surface area (Å²) in [6.07, 6.45) is -0.429. The zero-order valence-electron chi connectivity index (χ0n) is 13.3. The minimum Gasteiger partial charge on any atom is -0.487 e. The molecule has 118 valence electrons. The molecule has 3 aromatic rings. The number of pyridine rings is 1. The van der Waals surface area contributed by atoms with E-state index < -0.39 is 6.10 Å². The number of H-pyrrole nitrogens is 1. The largest absolute Gasteiger partial charge is 0.487 e. The van der Waals surface area contributed by atoms with Gasteiger partial charge in [-0.1, -0.05) is 52.3 Å². The Labute approximate surface area is 143 Å². The van der Waals surface area contributed by atoms with E-state index in [0.29, 0.717) is 23.2 Å². The predicted octanol–water partition coefficient (Wildman–Crippen LogP) is 3.54. The Morgan fingerprint density at radius 3 is 2.74 bits per heavy atom. The van der Waals surface area contributed by atoms with Crippen LogP contribution in [0.1, 0.15) is 17.2 Å². The van der Waals surface area contributed by atoms with Crippen LogP contribution in [0.2, 0.25) is 0 Å². The molecule has 0 saturated carbocycles. The van der Waals surface area contributed by atoms with Crippen LogP contribution in [0.4, 0.5) is 0 Å². The normalized spacial score (nSPS) is 12.8. The molecule has 0 aliphatic heterocycles. The van der Waals surface area contributed by atoms with Gasteiger partial charge in [0.25, 0.3) is 0 Å². The molecule has 0 aliphatic carbocycles. The SMILES string of the molecule is [3H]O[C@@H](CBr)c1ccc(OCc2ccccc2)c2[nH]c(=O)ccc12. The van der Waals surface area contributed by atoms with Gasteiger partial charge >= 0.3 is 0 Å². The number of halogens is 1. The fraction of sp³-hybridized carbons (Fsp3) is 0.167. The monoisotopic (exact) mass is 375 g/mol. The van der Waals surface area contributed by atoms with E-state index in [-0.39, 0.29) is 5.56 Å². The Morgan fingerprint density at radius 1 is 1.17 bits per heavy atom. The zero-order chi connectivity index (χ0) is 16.9. The lowest BCUT2D eigenvalue weighted by Crippen LogP contribution is -2.07. The van der Waals surface area contributed by atoms with Crippen molar-refractivity contribution in [3.05, 3.63) is 76.1 Å². The number of nitrogens with one attached hydrogen (secondary N) is 1. The molecule has 5 heteroatoms. The smallest absolute Gasteiger partial charge is 0.248 e. The number of fused-ring (bicyclic) bond motifs is 1. The molecule has 0 fully saturated rings. The van der Waals surface area contributed by atoms with E-state index >= 15 is 0 Å². The number of alkyl halides is 1. The lowest BCUT2D eigenvalue weighted by molar-refractivity contribution is 0.207. The second-order valence-electron chi connectivity index (χ2n) is 5.18. The predicted molar refractivity (Wildman–Crippen MR) is 94.1 cm³/mol. The van der Waals surface area contributed by atoms with Gasteiger partial charge in [-0.3, -0.25) is 4.79 Å². The van der Waals surface area contributed by atoms with Crippen LogP contribution in [0.5, 0.6) is 5.75 Å². The van der Waals surface area contributed by atoms with Gasteiger partial charge in [0.15, 0.2) is 0 Å². The average Bonchev–Trinajstić information content (AvgIpc) is 2.62. The fourth-order valence-electron chi connectivity index (χ4n) is 2.47. The van der Waals surface area contributed by atoms with Crippen molar-refractivity contribution in [2.45, 2.75) is 12.7 Å². The van der Waals surface area contributed by atoms with Crippen molar-refractivity contribution in [2.75, 3.05) is 5.33 Å². The highest BCUT2D eigenvalue weighted by atomic mass is 79.9. The maximum absolute atomic E-state index is 11.7. The molecule has 0 aliphatic rings. The number of aromatic nitrogens is 1. The van der Waals surface area contributed by atoms with Crippen molar-refractivity contribution in [2.24, 2.45) is 0 Å². The van der Waals surface area contributed by atoms with E-state index in [0.717, 1.165) is 16.5 Å². The van der Waals surface area contributed by atoms with Crippen molar-refractivity contribution >= 4 is 26.8 Å². The fourth-order valence-corrected chi connectivity index (χ4v) is 2.82. The molecule has 1 heterocycles. The maximum Gasteiger partial charge on any atom is 0.248 e. The van der Waals surface area contributed by atoms with Crippen molar-refractivity contribution in [1.82, 2.24) is 4.98 Å². The summed E-state index contributed by atoms with van der Waals surface area (Å²) < 4.78 is 13.1. The number of aromatic amines is 1. The molecule has 0 spiro atoms. The molecule has 0 unspecified atom stereocenters. The van der Waals surface area contributed by atoms with Gasteiger partial charge in [0.2, 0.25) is 6.99 Å². The van der Waals surface area contributed by atoms with E-state index in [1.165, 1.54) is 6.07 Å². The highest BCUT2D eigenvalue weighted by Crippen LogP contribution is 2.30. The molecule has 0 bridgehead atoms. The topological polar surface area (TPSA) is 62.3 Å². The summed E-state index contributed by atoms with van der Waals surface area (Å²) in [5.74, 6) is 0.591. The summed E-state index contributed by atoms with van der Waals surface area (Å²) >= 11 is 3.34. The molecule has 3 rings (SSSR count). The third-order valence-corrected chi connectivity index (χ3v) is 4.20. The molecule has 1 aromatic heterocycles. The minimum absolute atomic E-state index is 0.202. The molecule has 2 N–H and O–H groups in total. The molecular weight excluding hydrogens is 358 g/mol. The van der Waals surface area contributed by atoms with E-state index in [2.05, 4.69) is 20.9 Å². The third-order valence-electron chi connectivity index (χ3n) is 3.61. The number of aliphatic hydroxyl groups excluding tert-OH is 1. The van der Waals surface area contributed by atoms with Crippen LogP contribution in [0.25, 0.3) is 10.9 Å². The van der Waals surface area contributed by atoms with E-state index in [9.17, 15) is 4.79 Å². The van der Waals surface area contributed by atoms with E-state index in [1.807, 2.05) is 36.4 Å². The summed E-state index contributed by atoms with van der Waals surface area (Å²) in [6.45, 7) is 0.406. The van der Waals surface area contributed by atoms with E-state index in [4.69, 9.17) is 11.3 Å². The van der Waals surface area contributed by atoms with Gasteiger partial charge in [0, 0.05) is 16.8 Å². The number of rotatable bonds is 6. The molecule has 2 aromatic carbocycles. The van der Waals surface area contributed by atoms with Crippen molar-refractivity contribution in [3.63, 3.8) is 0 Å². The number of benzene rings is 2. The highest BCUT2D eigenvalue weighted by Gasteiger charge is 2.14. The molecule has 0 saturated heterocycles. The van der Waals surface area contributed by atoms with Crippen LogP contribution in [0, 0.1) is 0 Å². The first kappa shape index (κ1) is 14.5. The molecule has 0 radical (unpaired) electrons. The van der Waals surface area contributed by atoms with Gasteiger partial charge in [-0.05, 0) is 23.3 Å². The standard InChI is InChI=1S/C18H16BrNO3/c19-10-15(21)13-6-8-16(18-14(13)7-9-17(22)20-18)23-11-12-4-2-1-3-5-12/h1-9,15,21H,10-11H2,(H,20,22)/t15-/m0/s1/i21T. The summed E-state index contributed by atoms with van der Waals surface area (Å²) in [7, 11) is 0. The van der Waals surface area contributed by atoms with Crippen LogP contribution < -0.4 is 10.3 Å². The second-order valence-corrected chi connectivity index (χ2v) is 5.83. The Bertz CT molecular complexity index is 878. The first-order valence-corrected chi connectivity index (χ1v) is 8.35. The Kier molecular flexibility index (Phi) is 4.39. The second kappa shape index (κ2) is 6.98. The number of hydrogen-bond acceptors (Lipinski definition) is 3. The number of ether oxygens (including phenoxy) is 1. The molecule has 23 heavy (non-hydrogen) atoms. The van der Waals surface area contributed by atoms with Gasteiger partial charge in [0.1, 0.15) is 12.4 Å². The van der Waals surface area contributed by atoms with Gasteiger partial charge in [0.05, 0.1) is 11.6 Å². The molecular formula is C18H16BrNO3. The van der Waals surface area contributed by atoms with Crippen LogP contribution in [-0.4, -0.2) is 16.9 Å². The lowest BCUT2D eigenvalue weighted by Gasteiger charge is -2.14. The summed E-state index contributed by atoms with van der Waals surface area (Å²) in [5, 5.41) is 6.05. The van der Waals surface area contributed by atoms with E-state index in [1.54, 1.807) is 12.1 Å². The van der Waals surface area contributed by atoms with Crippen LogP contribution in [0.15, 0.2) is 59.4 Å². The van der Waals surface area contributed by atoms with Crippen LogP contribution in [-0.2, 0) is 6.61 Å². The molecule has 0 amide bonds. The first-order valence-electron chi connectivity index (χ1n) is 7.64. The highest BCUT2D eigenvalue weighted by molar-refractivity contribution is 9.09. The Morgan fingerprint density at radius 2 is 2.00 bits per heavy atom. The zero-order valence-corrected chi connectivity index (χ0v) is 13.9. The number of aliphatic hydroxyl groups is 1. The van der Waals surface area contributed by atoms with Gasteiger partial charge < -0.3 is 14.8 Å². The van der Waals surface area contributed by atoms with Crippen molar-refractivity contribution in [1.29, 1.82) is 1.43 Å². The molecule has 1 atom stereocenters. The quantitative estimate of drug-likeness (QED) is 0.647. The van der Waals surface area contributed by atoms with Crippen LogP contribution >= 0.6 is 15.9 Å². The first-order chi connectivity index (χ1) is 11.7. The van der Waals surface area contributed by atoms with Crippen molar-refractivity contribution < 1.29 is 9.85 Å². The maximum atomic E-state index is 11.7. The molecule has 4 nitrogen and oxygen atoms in total.